The van der Waals surface area contributed by atoms with Crippen molar-refractivity contribution in [1.82, 2.24) is 19.3 Å². The fourth-order valence-corrected chi connectivity index (χ4v) is 3.41. The number of carbonyl (C=O) groups is 1. The third-order valence-electron chi connectivity index (χ3n) is 4.56. The van der Waals surface area contributed by atoms with E-state index >= 15 is 0 Å². The van der Waals surface area contributed by atoms with Crippen LogP contribution in [0.25, 0.3) is 10.9 Å². The Morgan fingerprint density at radius 2 is 2.17 bits per heavy atom. The maximum atomic E-state index is 12.7. The first-order valence-electron chi connectivity index (χ1n) is 7.94. The van der Waals surface area contributed by atoms with Crippen LogP contribution in [0.2, 0.25) is 0 Å². The number of hydrogen-bond acceptors (Lipinski definition) is 3. The van der Waals surface area contributed by atoms with E-state index in [1.807, 2.05) is 31.3 Å². The van der Waals surface area contributed by atoms with Crippen molar-refractivity contribution in [2.45, 2.75) is 32.2 Å². The van der Waals surface area contributed by atoms with E-state index in [-0.39, 0.29) is 5.91 Å². The lowest BCUT2D eigenvalue weighted by atomic mass is 10.1. The van der Waals surface area contributed by atoms with Crippen LogP contribution in [0, 0.1) is 0 Å². The molecule has 118 valence electrons. The number of nitrogens with zero attached hydrogens (tertiary/aromatic N) is 4. The van der Waals surface area contributed by atoms with Crippen LogP contribution in [0.15, 0.2) is 30.5 Å². The highest BCUT2D eigenvalue weighted by molar-refractivity contribution is 6.07. The molecule has 1 aliphatic heterocycles. The van der Waals surface area contributed by atoms with Crippen LogP contribution in [-0.2, 0) is 13.5 Å². The molecule has 0 radical (unpaired) electrons. The van der Waals surface area contributed by atoms with E-state index in [2.05, 4.69) is 26.9 Å². The molecule has 6 nitrogen and oxygen atoms in total. The number of aromatic nitrogens is 4. The molecule has 4 rings (SSSR count). The minimum Gasteiger partial charge on any atom is -0.321 e. The lowest BCUT2D eigenvalue weighted by Gasteiger charge is -2.23. The Hall–Kier alpha value is -2.63. The maximum absolute atomic E-state index is 12.7. The van der Waals surface area contributed by atoms with E-state index in [1.165, 1.54) is 0 Å². The minimum atomic E-state index is -0.152. The average Bonchev–Trinajstić information content (AvgIpc) is 3.11. The highest BCUT2D eigenvalue weighted by Crippen LogP contribution is 2.27. The van der Waals surface area contributed by atoms with Crippen molar-refractivity contribution in [2.24, 2.45) is 7.05 Å². The number of rotatable bonds is 2. The Balaban J connectivity index is 1.69. The predicted molar refractivity (Wildman–Crippen MR) is 88.5 cm³/mol. The van der Waals surface area contributed by atoms with Crippen molar-refractivity contribution in [1.29, 1.82) is 0 Å². The SMILES string of the molecule is CC1CCCc2ncc(C(=O)Nc3nn(C)c4ccccc34)n21. The number of anilines is 1. The van der Waals surface area contributed by atoms with Crippen LogP contribution in [0.3, 0.4) is 0 Å². The summed E-state index contributed by atoms with van der Waals surface area (Å²) in [5.41, 5.74) is 1.61. The second-order valence-corrected chi connectivity index (χ2v) is 6.11. The van der Waals surface area contributed by atoms with Crippen molar-refractivity contribution in [2.75, 3.05) is 5.32 Å². The van der Waals surface area contributed by atoms with E-state index in [4.69, 9.17) is 0 Å². The molecule has 3 aromatic rings. The summed E-state index contributed by atoms with van der Waals surface area (Å²) >= 11 is 0. The van der Waals surface area contributed by atoms with Gasteiger partial charge in [-0.05, 0) is 31.9 Å². The fraction of sp³-hybridized carbons (Fsp3) is 0.353. The lowest BCUT2D eigenvalue weighted by Crippen LogP contribution is -2.23. The van der Waals surface area contributed by atoms with Gasteiger partial charge in [0, 0.05) is 24.9 Å². The molecule has 23 heavy (non-hydrogen) atoms. The smallest absolute Gasteiger partial charge is 0.275 e. The Morgan fingerprint density at radius 3 is 3.04 bits per heavy atom. The number of amides is 1. The van der Waals surface area contributed by atoms with Gasteiger partial charge in [0.25, 0.3) is 5.91 Å². The molecule has 1 amide bonds. The molecule has 1 aliphatic rings. The van der Waals surface area contributed by atoms with Gasteiger partial charge in [-0.15, -0.1) is 0 Å². The zero-order chi connectivity index (χ0) is 16.0. The van der Waals surface area contributed by atoms with Crippen molar-refractivity contribution >= 4 is 22.6 Å². The highest BCUT2D eigenvalue weighted by Gasteiger charge is 2.24. The number of imidazole rings is 1. The fourth-order valence-electron chi connectivity index (χ4n) is 3.41. The molecular weight excluding hydrogens is 290 g/mol. The van der Waals surface area contributed by atoms with Crippen molar-refractivity contribution < 1.29 is 4.79 Å². The summed E-state index contributed by atoms with van der Waals surface area (Å²) in [6.07, 6.45) is 4.82. The number of fused-ring (bicyclic) bond motifs is 2. The summed E-state index contributed by atoms with van der Waals surface area (Å²) in [5.74, 6) is 1.44. The summed E-state index contributed by atoms with van der Waals surface area (Å²) in [6.45, 7) is 2.14. The summed E-state index contributed by atoms with van der Waals surface area (Å²) in [5, 5.41) is 8.31. The largest absolute Gasteiger partial charge is 0.321 e. The van der Waals surface area contributed by atoms with E-state index in [0.29, 0.717) is 17.6 Å². The molecule has 2 aromatic heterocycles. The summed E-state index contributed by atoms with van der Waals surface area (Å²) in [4.78, 5) is 17.1. The first-order chi connectivity index (χ1) is 11.1. The third-order valence-corrected chi connectivity index (χ3v) is 4.56. The third kappa shape index (κ3) is 2.21. The van der Waals surface area contributed by atoms with Gasteiger partial charge in [0.1, 0.15) is 11.5 Å². The molecule has 1 atom stereocenters. The molecule has 0 spiro atoms. The molecule has 0 bridgehead atoms. The van der Waals surface area contributed by atoms with Crippen LogP contribution in [-0.4, -0.2) is 25.2 Å². The van der Waals surface area contributed by atoms with Gasteiger partial charge in [-0.3, -0.25) is 9.48 Å². The average molecular weight is 309 g/mol. The molecule has 0 saturated carbocycles. The Morgan fingerprint density at radius 1 is 1.35 bits per heavy atom. The predicted octanol–water partition coefficient (Wildman–Crippen LogP) is 2.92. The topological polar surface area (TPSA) is 64.7 Å². The minimum absolute atomic E-state index is 0.152. The first kappa shape index (κ1) is 14.0. The van der Waals surface area contributed by atoms with E-state index in [1.54, 1.807) is 10.9 Å². The molecule has 0 saturated heterocycles. The van der Waals surface area contributed by atoms with Crippen LogP contribution in [0.5, 0.6) is 0 Å². The van der Waals surface area contributed by atoms with E-state index in [9.17, 15) is 4.79 Å². The number of carbonyl (C=O) groups excluding carboxylic acids is 1. The normalized spacial score (nSPS) is 17.2. The molecule has 1 N–H and O–H groups in total. The molecule has 1 aromatic carbocycles. The van der Waals surface area contributed by atoms with E-state index in [0.717, 1.165) is 36.0 Å². The van der Waals surface area contributed by atoms with Gasteiger partial charge in [-0.25, -0.2) is 4.98 Å². The Kier molecular flexibility index (Phi) is 3.18. The molecule has 0 fully saturated rings. The molecule has 3 heterocycles. The van der Waals surface area contributed by atoms with Crippen LogP contribution >= 0.6 is 0 Å². The zero-order valence-electron chi connectivity index (χ0n) is 13.3. The number of aryl methyl sites for hydroxylation is 2. The summed E-state index contributed by atoms with van der Waals surface area (Å²) < 4.78 is 3.84. The molecule has 6 heteroatoms. The summed E-state index contributed by atoms with van der Waals surface area (Å²) in [7, 11) is 1.88. The van der Waals surface area contributed by atoms with Crippen molar-refractivity contribution in [3.63, 3.8) is 0 Å². The zero-order valence-corrected chi connectivity index (χ0v) is 13.3. The highest BCUT2D eigenvalue weighted by atomic mass is 16.2. The lowest BCUT2D eigenvalue weighted by molar-refractivity contribution is 0.101. The molecule has 1 unspecified atom stereocenters. The number of para-hydroxylation sites is 1. The number of hydrogen-bond donors (Lipinski definition) is 1. The molecular formula is C17H19N5O. The second kappa shape index (κ2) is 5.22. The van der Waals surface area contributed by atoms with E-state index < -0.39 is 0 Å². The summed E-state index contributed by atoms with van der Waals surface area (Å²) in [6, 6.07) is 8.17. The standard InChI is InChI=1S/C17H19N5O/c1-11-6-5-9-15-18-10-14(22(11)15)17(23)19-16-12-7-3-4-8-13(12)21(2)20-16/h3-4,7-8,10-11H,5-6,9H2,1-2H3,(H,19,20,23). The van der Waals surface area contributed by atoms with Gasteiger partial charge in [-0.2, -0.15) is 5.10 Å². The van der Waals surface area contributed by atoms with Gasteiger partial charge in [0.15, 0.2) is 5.82 Å². The quantitative estimate of drug-likeness (QED) is 0.791. The number of nitrogens with one attached hydrogen (secondary N) is 1. The van der Waals surface area contributed by atoms with Crippen molar-refractivity contribution in [3.05, 3.63) is 42.0 Å². The van der Waals surface area contributed by atoms with Gasteiger partial charge in [0.2, 0.25) is 0 Å². The first-order valence-corrected chi connectivity index (χ1v) is 7.94. The van der Waals surface area contributed by atoms with Crippen LogP contribution < -0.4 is 5.32 Å². The monoisotopic (exact) mass is 309 g/mol. The maximum Gasteiger partial charge on any atom is 0.275 e. The van der Waals surface area contributed by atoms with Crippen LogP contribution in [0.1, 0.15) is 42.1 Å². The van der Waals surface area contributed by atoms with Gasteiger partial charge >= 0.3 is 0 Å². The van der Waals surface area contributed by atoms with Crippen LogP contribution in [0.4, 0.5) is 5.82 Å². The molecule has 0 aliphatic carbocycles. The van der Waals surface area contributed by atoms with Gasteiger partial charge in [0.05, 0.1) is 11.7 Å². The Labute approximate surface area is 134 Å². The number of benzene rings is 1. The van der Waals surface area contributed by atoms with Crippen molar-refractivity contribution in [3.8, 4) is 0 Å². The van der Waals surface area contributed by atoms with Gasteiger partial charge < -0.3 is 9.88 Å². The second-order valence-electron chi connectivity index (χ2n) is 6.11. The Bertz CT molecular complexity index is 892. The van der Waals surface area contributed by atoms with Gasteiger partial charge in [-0.1, -0.05) is 12.1 Å².